The highest BCUT2D eigenvalue weighted by atomic mass is 32.2. The van der Waals surface area contributed by atoms with E-state index in [0.717, 1.165) is 5.75 Å². The molecule has 3 unspecified atom stereocenters. The van der Waals surface area contributed by atoms with Crippen LogP contribution in [-0.2, 0) is 19.2 Å². The average Bonchev–Trinajstić information content (AvgIpc) is 2.61. The van der Waals surface area contributed by atoms with E-state index >= 15 is 0 Å². The lowest BCUT2D eigenvalue weighted by atomic mass is 10.0. The lowest BCUT2D eigenvalue weighted by molar-refractivity contribution is -0.142. The zero-order chi connectivity index (χ0) is 22.6. The highest BCUT2D eigenvalue weighted by molar-refractivity contribution is 7.98. The van der Waals surface area contributed by atoms with Crippen molar-refractivity contribution in [1.82, 2.24) is 16.0 Å². The fraction of sp³-hybridized carbons (Fsp3) is 0.789. The topological polar surface area (TPSA) is 151 Å². The summed E-state index contributed by atoms with van der Waals surface area (Å²) in [7, 11) is 0. The Morgan fingerprint density at radius 1 is 0.931 bits per heavy atom. The standard InChI is InChI=1S/C19H36N4O5S/c1-11(2)8-14(18(26)23-15(19(27)28)9-12(3)4)22-16(24)10-21-17(25)13(20)6-7-29-5/h11-15H,6-10,20H2,1-5H3,(H,21,25)(H,22,24)(H,23,26)(H,27,28). The molecule has 9 nitrogen and oxygen atoms in total. The van der Waals surface area contributed by atoms with Crippen LogP contribution in [0.1, 0.15) is 47.0 Å². The van der Waals surface area contributed by atoms with Gasteiger partial charge < -0.3 is 26.8 Å². The summed E-state index contributed by atoms with van der Waals surface area (Å²) in [5.41, 5.74) is 5.75. The molecule has 168 valence electrons. The van der Waals surface area contributed by atoms with Gasteiger partial charge in [-0.05, 0) is 43.1 Å². The van der Waals surface area contributed by atoms with Crippen molar-refractivity contribution in [2.45, 2.75) is 65.1 Å². The number of amides is 3. The van der Waals surface area contributed by atoms with Crippen LogP contribution in [0.5, 0.6) is 0 Å². The van der Waals surface area contributed by atoms with Gasteiger partial charge in [0.15, 0.2) is 0 Å². The number of rotatable bonds is 14. The normalized spacial score (nSPS) is 14.2. The summed E-state index contributed by atoms with van der Waals surface area (Å²) in [5, 5.41) is 16.9. The first kappa shape index (κ1) is 27.2. The third-order valence-corrected chi connectivity index (χ3v) is 4.72. The largest absolute Gasteiger partial charge is 0.480 e. The highest BCUT2D eigenvalue weighted by Crippen LogP contribution is 2.09. The summed E-state index contributed by atoms with van der Waals surface area (Å²) in [6, 6.07) is -2.61. The third-order valence-electron chi connectivity index (χ3n) is 4.07. The number of carboxylic acid groups (broad SMARTS) is 1. The Morgan fingerprint density at radius 2 is 1.48 bits per heavy atom. The number of carboxylic acids is 1. The number of nitrogens with two attached hydrogens (primary N) is 1. The van der Waals surface area contributed by atoms with E-state index in [1.807, 2.05) is 34.0 Å². The van der Waals surface area contributed by atoms with Gasteiger partial charge in [0, 0.05) is 0 Å². The Kier molecular flexibility index (Phi) is 13.3. The van der Waals surface area contributed by atoms with Crippen molar-refractivity contribution in [3.63, 3.8) is 0 Å². The molecule has 0 radical (unpaired) electrons. The molecule has 0 rings (SSSR count). The van der Waals surface area contributed by atoms with Gasteiger partial charge in [0.1, 0.15) is 12.1 Å². The summed E-state index contributed by atoms with van der Waals surface area (Å²) in [4.78, 5) is 48.1. The lowest BCUT2D eigenvalue weighted by Crippen LogP contribution is -2.54. The smallest absolute Gasteiger partial charge is 0.326 e. The monoisotopic (exact) mass is 432 g/mol. The molecule has 6 N–H and O–H groups in total. The van der Waals surface area contributed by atoms with Gasteiger partial charge in [0.2, 0.25) is 17.7 Å². The summed E-state index contributed by atoms with van der Waals surface area (Å²) in [5.74, 6) is -1.72. The summed E-state index contributed by atoms with van der Waals surface area (Å²) in [6.45, 7) is 7.20. The molecular formula is C19H36N4O5S. The zero-order valence-electron chi connectivity index (χ0n) is 18.0. The molecule has 0 aromatic carbocycles. The van der Waals surface area contributed by atoms with Gasteiger partial charge in [-0.1, -0.05) is 27.7 Å². The van der Waals surface area contributed by atoms with Gasteiger partial charge in [-0.15, -0.1) is 0 Å². The van der Waals surface area contributed by atoms with Crippen molar-refractivity contribution in [2.75, 3.05) is 18.6 Å². The highest BCUT2D eigenvalue weighted by Gasteiger charge is 2.27. The fourth-order valence-corrected chi connectivity index (χ4v) is 3.08. The minimum Gasteiger partial charge on any atom is -0.480 e. The quantitative estimate of drug-likeness (QED) is 0.265. The molecule has 0 saturated carbocycles. The number of thioether (sulfide) groups is 1. The second kappa shape index (κ2) is 14.2. The molecule has 0 aliphatic heterocycles. The van der Waals surface area contributed by atoms with Gasteiger partial charge in [-0.3, -0.25) is 14.4 Å². The number of carbonyl (C=O) groups is 4. The van der Waals surface area contributed by atoms with Crippen molar-refractivity contribution in [1.29, 1.82) is 0 Å². The predicted molar refractivity (Wildman–Crippen MR) is 114 cm³/mol. The summed E-state index contributed by atoms with van der Waals surface area (Å²) >= 11 is 1.57. The van der Waals surface area contributed by atoms with Crippen LogP contribution >= 0.6 is 11.8 Å². The van der Waals surface area contributed by atoms with E-state index < -0.39 is 41.8 Å². The molecule has 29 heavy (non-hydrogen) atoms. The SMILES string of the molecule is CSCCC(N)C(=O)NCC(=O)NC(CC(C)C)C(=O)NC(CC(C)C)C(=O)O. The van der Waals surface area contributed by atoms with Crippen LogP contribution in [0.25, 0.3) is 0 Å². The molecule has 0 aromatic rings. The van der Waals surface area contributed by atoms with Gasteiger partial charge in [-0.2, -0.15) is 11.8 Å². The Hall–Kier alpha value is -1.81. The molecule has 0 heterocycles. The predicted octanol–water partition coefficient (Wildman–Crippen LogP) is 0.329. The molecule has 3 atom stereocenters. The van der Waals surface area contributed by atoms with Crippen LogP contribution in [0.3, 0.4) is 0 Å². The summed E-state index contributed by atoms with van der Waals surface area (Å²) < 4.78 is 0. The molecule has 0 spiro atoms. The van der Waals surface area contributed by atoms with E-state index in [2.05, 4.69) is 16.0 Å². The van der Waals surface area contributed by atoms with Crippen LogP contribution in [0.15, 0.2) is 0 Å². The van der Waals surface area contributed by atoms with Gasteiger partial charge >= 0.3 is 5.97 Å². The van der Waals surface area contributed by atoms with Crippen molar-refractivity contribution in [3.05, 3.63) is 0 Å². The number of hydrogen-bond acceptors (Lipinski definition) is 6. The number of nitrogens with one attached hydrogen (secondary N) is 3. The first-order valence-electron chi connectivity index (χ1n) is 9.82. The maximum atomic E-state index is 12.6. The number of carbonyl (C=O) groups excluding carboxylic acids is 3. The van der Waals surface area contributed by atoms with Crippen molar-refractivity contribution >= 4 is 35.5 Å². The molecular weight excluding hydrogens is 396 g/mol. The van der Waals surface area contributed by atoms with Crippen molar-refractivity contribution < 1.29 is 24.3 Å². The van der Waals surface area contributed by atoms with Crippen molar-refractivity contribution in [2.24, 2.45) is 17.6 Å². The lowest BCUT2D eigenvalue weighted by Gasteiger charge is -2.23. The molecule has 0 fully saturated rings. The van der Waals surface area contributed by atoms with Gasteiger partial charge in [0.25, 0.3) is 0 Å². The van der Waals surface area contributed by atoms with E-state index in [0.29, 0.717) is 12.8 Å². The maximum Gasteiger partial charge on any atom is 0.326 e. The Labute approximate surface area is 177 Å². The van der Waals surface area contributed by atoms with Crippen LogP contribution in [-0.4, -0.2) is 65.5 Å². The van der Waals surface area contributed by atoms with E-state index in [1.165, 1.54) is 0 Å². The number of aliphatic carboxylic acids is 1. The van der Waals surface area contributed by atoms with Gasteiger partial charge in [-0.25, -0.2) is 4.79 Å². The van der Waals surface area contributed by atoms with E-state index in [9.17, 15) is 24.3 Å². The maximum absolute atomic E-state index is 12.6. The molecule has 10 heteroatoms. The first-order valence-corrected chi connectivity index (χ1v) is 11.2. The van der Waals surface area contributed by atoms with E-state index in [-0.39, 0.29) is 24.8 Å². The van der Waals surface area contributed by atoms with Crippen LogP contribution in [0, 0.1) is 11.8 Å². The zero-order valence-corrected chi connectivity index (χ0v) is 18.8. The second-order valence-corrected chi connectivity index (χ2v) is 8.87. The van der Waals surface area contributed by atoms with E-state index in [4.69, 9.17) is 5.73 Å². The molecule has 0 aliphatic carbocycles. The van der Waals surface area contributed by atoms with Crippen molar-refractivity contribution in [3.8, 4) is 0 Å². The molecule has 0 aromatic heterocycles. The Bertz CT molecular complexity index is 557. The molecule has 0 aliphatic rings. The van der Waals surface area contributed by atoms with E-state index in [1.54, 1.807) is 11.8 Å². The van der Waals surface area contributed by atoms with Crippen LogP contribution < -0.4 is 21.7 Å². The molecule has 0 saturated heterocycles. The minimum atomic E-state index is -1.12. The Morgan fingerprint density at radius 3 is 1.97 bits per heavy atom. The average molecular weight is 433 g/mol. The first-order chi connectivity index (χ1) is 13.5. The molecule has 0 bridgehead atoms. The van der Waals surface area contributed by atoms with Crippen LogP contribution in [0.2, 0.25) is 0 Å². The number of hydrogen-bond donors (Lipinski definition) is 5. The molecule has 3 amide bonds. The summed E-state index contributed by atoms with van der Waals surface area (Å²) in [6.07, 6.45) is 3.04. The minimum absolute atomic E-state index is 0.0834. The third kappa shape index (κ3) is 12.4. The second-order valence-electron chi connectivity index (χ2n) is 7.88. The Balaban J connectivity index is 4.84. The fourth-order valence-electron chi connectivity index (χ4n) is 2.59. The van der Waals surface area contributed by atoms with Crippen LogP contribution in [0.4, 0.5) is 0 Å². The van der Waals surface area contributed by atoms with Gasteiger partial charge in [0.05, 0.1) is 12.6 Å².